The third-order valence-electron chi connectivity index (χ3n) is 7.12. The van der Waals surface area contributed by atoms with Crippen molar-refractivity contribution in [3.8, 4) is 0 Å². The van der Waals surface area contributed by atoms with Gasteiger partial charge in [0, 0.05) is 56.6 Å². The summed E-state index contributed by atoms with van der Waals surface area (Å²) >= 11 is 0. The van der Waals surface area contributed by atoms with Gasteiger partial charge in [0.25, 0.3) is 5.91 Å². The van der Waals surface area contributed by atoms with Crippen molar-refractivity contribution in [2.45, 2.75) is 51.5 Å². The van der Waals surface area contributed by atoms with Crippen molar-refractivity contribution < 1.29 is 9.32 Å². The van der Waals surface area contributed by atoms with Crippen LogP contribution in [-0.4, -0.2) is 66.2 Å². The Morgan fingerprint density at radius 2 is 1.83 bits per heavy atom. The summed E-state index contributed by atoms with van der Waals surface area (Å²) < 4.78 is 5.53. The highest BCUT2D eigenvalue weighted by molar-refractivity contribution is 5.93. The van der Waals surface area contributed by atoms with Gasteiger partial charge in [-0.05, 0) is 57.1 Å². The van der Waals surface area contributed by atoms with Crippen molar-refractivity contribution >= 4 is 11.6 Å². The number of nitrogens with zero attached hydrogens (tertiary/aromatic N) is 4. The maximum absolute atomic E-state index is 13.2. The van der Waals surface area contributed by atoms with Crippen LogP contribution in [0.2, 0.25) is 0 Å². The Kier molecular flexibility index (Phi) is 5.50. The van der Waals surface area contributed by atoms with Gasteiger partial charge in [0.05, 0.1) is 5.69 Å². The molecule has 6 nitrogen and oxygen atoms in total. The molecule has 1 atom stereocenters. The predicted molar refractivity (Wildman–Crippen MR) is 117 cm³/mol. The molecule has 1 aromatic carbocycles. The Labute approximate surface area is 178 Å². The molecule has 0 bridgehead atoms. The summed E-state index contributed by atoms with van der Waals surface area (Å²) in [6, 6.07) is 9.09. The second-order valence-corrected chi connectivity index (χ2v) is 9.00. The van der Waals surface area contributed by atoms with Crippen molar-refractivity contribution in [1.29, 1.82) is 0 Å². The number of carbonyl (C=O) groups is 1. The zero-order valence-corrected chi connectivity index (χ0v) is 18.0. The third kappa shape index (κ3) is 3.73. The molecule has 2 aliphatic heterocycles. The smallest absolute Gasteiger partial charge is 0.292 e. The molecular weight excluding hydrogens is 376 g/mol. The van der Waals surface area contributed by atoms with Gasteiger partial charge in [0.15, 0.2) is 0 Å². The van der Waals surface area contributed by atoms with Crippen LogP contribution < -0.4 is 4.90 Å². The molecule has 2 aromatic rings. The molecule has 6 heteroatoms. The van der Waals surface area contributed by atoms with Gasteiger partial charge in [-0.2, -0.15) is 0 Å². The molecule has 0 radical (unpaired) electrons. The third-order valence-corrected chi connectivity index (χ3v) is 7.12. The van der Waals surface area contributed by atoms with Crippen LogP contribution in [0.4, 0.5) is 5.69 Å². The van der Waals surface area contributed by atoms with Crippen LogP contribution in [0.3, 0.4) is 0 Å². The Morgan fingerprint density at radius 3 is 2.67 bits per heavy atom. The first-order valence-corrected chi connectivity index (χ1v) is 11.5. The van der Waals surface area contributed by atoms with Gasteiger partial charge in [0.1, 0.15) is 0 Å². The number of hydrogen-bond donors (Lipinski definition) is 0. The molecule has 3 heterocycles. The fourth-order valence-corrected chi connectivity index (χ4v) is 5.39. The fraction of sp³-hybridized carbons (Fsp3) is 0.583. The first-order valence-electron chi connectivity index (χ1n) is 11.5. The van der Waals surface area contributed by atoms with Crippen LogP contribution in [0, 0.1) is 6.92 Å². The average molecular weight is 409 g/mol. The Bertz CT molecular complexity index is 900. The molecule has 1 aromatic heterocycles. The van der Waals surface area contributed by atoms with Gasteiger partial charge in [0.2, 0.25) is 5.76 Å². The molecule has 5 rings (SSSR count). The fourth-order valence-electron chi connectivity index (χ4n) is 5.39. The van der Waals surface area contributed by atoms with E-state index in [0.717, 1.165) is 82.6 Å². The number of benzene rings is 1. The SMILES string of the molecule is Cc1ccccc1N1CCN(C2CCCN(C(=O)c3onc4c3CCCC4)C2)CC1. The van der Waals surface area contributed by atoms with Crippen LogP contribution in [0.5, 0.6) is 0 Å². The standard InChI is InChI=1S/C24H32N4O2/c1-18-7-2-5-11-22(18)27-15-13-26(14-16-27)19-8-6-12-28(17-19)24(29)23-20-9-3-4-10-21(20)25-30-23/h2,5,7,11,19H,3-4,6,8-10,12-17H2,1H3. The lowest BCUT2D eigenvalue weighted by atomic mass is 9.95. The van der Waals surface area contributed by atoms with Crippen LogP contribution in [0.1, 0.15) is 53.1 Å². The van der Waals surface area contributed by atoms with Crippen molar-refractivity contribution in [1.82, 2.24) is 15.0 Å². The summed E-state index contributed by atoms with van der Waals surface area (Å²) in [5, 5.41) is 4.19. The van der Waals surface area contributed by atoms with Gasteiger partial charge in [-0.25, -0.2) is 0 Å². The van der Waals surface area contributed by atoms with Crippen LogP contribution in [0.25, 0.3) is 0 Å². The number of carbonyl (C=O) groups excluding carboxylic acids is 1. The molecule has 1 unspecified atom stereocenters. The molecular formula is C24H32N4O2. The summed E-state index contributed by atoms with van der Waals surface area (Å²) in [5.41, 5.74) is 4.77. The molecule has 0 saturated carbocycles. The van der Waals surface area contributed by atoms with Gasteiger partial charge >= 0.3 is 0 Å². The number of para-hydroxylation sites is 1. The van der Waals surface area contributed by atoms with Gasteiger partial charge in [-0.15, -0.1) is 0 Å². The minimum Gasteiger partial charge on any atom is -0.369 e. The number of rotatable bonds is 3. The molecule has 0 N–H and O–H groups in total. The van der Waals surface area contributed by atoms with Gasteiger partial charge < -0.3 is 14.3 Å². The zero-order valence-electron chi connectivity index (χ0n) is 18.0. The Hall–Kier alpha value is -2.34. The largest absolute Gasteiger partial charge is 0.369 e. The summed E-state index contributed by atoms with van der Waals surface area (Å²) in [6.07, 6.45) is 6.38. The van der Waals surface area contributed by atoms with Crippen LogP contribution in [-0.2, 0) is 12.8 Å². The average Bonchev–Trinajstić information content (AvgIpc) is 3.23. The van der Waals surface area contributed by atoms with Gasteiger partial charge in [-0.3, -0.25) is 9.69 Å². The molecule has 2 saturated heterocycles. The van der Waals surface area contributed by atoms with E-state index in [1.807, 2.05) is 4.90 Å². The highest BCUT2D eigenvalue weighted by Gasteiger charge is 2.33. The molecule has 0 spiro atoms. The summed E-state index contributed by atoms with van der Waals surface area (Å²) in [5.74, 6) is 0.559. The summed E-state index contributed by atoms with van der Waals surface area (Å²) in [6.45, 7) is 8.02. The normalized spacial score (nSPS) is 22.8. The lowest BCUT2D eigenvalue weighted by Crippen LogP contribution is -2.56. The maximum atomic E-state index is 13.2. The van der Waals surface area contributed by atoms with Crippen molar-refractivity contribution in [3.63, 3.8) is 0 Å². The summed E-state index contributed by atoms with van der Waals surface area (Å²) in [7, 11) is 0. The van der Waals surface area contributed by atoms with E-state index in [1.165, 1.54) is 17.7 Å². The van der Waals surface area contributed by atoms with E-state index in [9.17, 15) is 4.79 Å². The van der Waals surface area contributed by atoms with E-state index in [0.29, 0.717) is 11.8 Å². The van der Waals surface area contributed by atoms with Crippen molar-refractivity contribution in [3.05, 3.63) is 46.8 Å². The van der Waals surface area contributed by atoms with E-state index in [4.69, 9.17) is 4.52 Å². The Morgan fingerprint density at radius 1 is 1.03 bits per heavy atom. The first-order chi connectivity index (χ1) is 14.7. The monoisotopic (exact) mass is 408 g/mol. The molecule has 160 valence electrons. The second kappa shape index (κ2) is 8.42. The molecule has 2 fully saturated rings. The van der Waals surface area contributed by atoms with Crippen LogP contribution >= 0.6 is 0 Å². The topological polar surface area (TPSA) is 52.8 Å². The number of aryl methyl sites for hydroxylation is 2. The molecule has 1 amide bonds. The quantitative estimate of drug-likeness (QED) is 0.780. The number of aromatic nitrogens is 1. The number of amides is 1. The number of hydrogen-bond acceptors (Lipinski definition) is 5. The number of piperidine rings is 1. The number of piperazine rings is 1. The first kappa shape index (κ1) is 19.6. The predicted octanol–water partition coefficient (Wildman–Crippen LogP) is 3.29. The highest BCUT2D eigenvalue weighted by Crippen LogP contribution is 2.27. The maximum Gasteiger partial charge on any atom is 0.292 e. The van der Waals surface area contributed by atoms with E-state index < -0.39 is 0 Å². The van der Waals surface area contributed by atoms with E-state index in [1.54, 1.807) is 0 Å². The van der Waals surface area contributed by atoms with E-state index in [2.05, 4.69) is 46.1 Å². The van der Waals surface area contributed by atoms with Gasteiger partial charge in [-0.1, -0.05) is 23.4 Å². The number of fused-ring (bicyclic) bond motifs is 1. The summed E-state index contributed by atoms with van der Waals surface area (Å²) in [4.78, 5) is 20.3. The number of likely N-dealkylation sites (tertiary alicyclic amines) is 1. The number of anilines is 1. The lowest BCUT2D eigenvalue weighted by Gasteiger charge is -2.44. The van der Waals surface area contributed by atoms with E-state index >= 15 is 0 Å². The zero-order chi connectivity index (χ0) is 20.5. The molecule has 30 heavy (non-hydrogen) atoms. The second-order valence-electron chi connectivity index (χ2n) is 9.00. The minimum absolute atomic E-state index is 0.0499. The highest BCUT2D eigenvalue weighted by atomic mass is 16.5. The Balaban J connectivity index is 1.22. The van der Waals surface area contributed by atoms with Crippen molar-refractivity contribution in [2.75, 3.05) is 44.2 Å². The van der Waals surface area contributed by atoms with Crippen LogP contribution in [0.15, 0.2) is 28.8 Å². The molecule has 1 aliphatic carbocycles. The van der Waals surface area contributed by atoms with Crippen molar-refractivity contribution in [2.24, 2.45) is 0 Å². The van der Waals surface area contributed by atoms with E-state index in [-0.39, 0.29) is 5.91 Å². The lowest BCUT2D eigenvalue weighted by molar-refractivity contribution is 0.0526. The molecule has 3 aliphatic rings. The minimum atomic E-state index is 0.0499.